The van der Waals surface area contributed by atoms with E-state index in [1.165, 1.54) is 28.8 Å². The van der Waals surface area contributed by atoms with Crippen molar-refractivity contribution in [1.29, 1.82) is 5.26 Å². The summed E-state index contributed by atoms with van der Waals surface area (Å²) >= 11 is 0. The summed E-state index contributed by atoms with van der Waals surface area (Å²) in [4.78, 5) is 32.6. The second-order valence-corrected chi connectivity index (χ2v) is 8.02. The molecule has 0 unspecified atom stereocenters. The molecule has 0 saturated heterocycles. The number of alkyl halides is 3. The number of nitrogens with one attached hydrogen (secondary N) is 1. The van der Waals surface area contributed by atoms with E-state index in [9.17, 15) is 27.2 Å². The Bertz CT molecular complexity index is 1190. The van der Waals surface area contributed by atoms with E-state index in [0.717, 1.165) is 11.1 Å². The molecule has 35 heavy (non-hydrogen) atoms. The summed E-state index contributed by atoms with van der Waals surface area (Å²) in [5.74, 6) is -1.26. The number of nitrogens with zero attached hydrogens (tertiary/aromatic N) is 5. The van der Waals surface area contributed by atoms with E-state index >= 15 is 0 Å². The Morgan fingerprint density at radius 3 is 2.89 bits per heavy atom. The number of hydroxylamine groups is 2. The molecule has 4 rings (SSSR count). The fourth-order valence-electron chi connectivity index (χ4n) is 3.90. The molecule has 1 aromatic carbocycles. The van der Waals surface area contributed by atoms with Crippen molar-refractivity contribution in [3.05, 3.63) is 46.5 Å². The molecule has 3 heterocycles. The number of benzene rings is 1. The molecule has 0 aliphatic carbocycles. The number of hydrogen-bond acceptors (Lipinski definition) is 6. The summed E-state index contributed by atoms with van der Waals surface area (Å²) in [6.07, 6.45) is -5.04. The SMILES string of the molecule is CN1O[C@H](COCC(F)(F)F)Cn2nc3c(c2C1=O)CN(C(=O)Nc1ccc(F)c(C#N)c1)CC3. The van der Waals surface area contributed by atoms with Gasteiger partial charge in [-0.05, 0) is 18.2 Å². The number of fused-ring (bicyclic) bond motifs is 3. The molecule has 1 N–H and O–H groups in total. The van der Waals surface area contributed by atoms with E-state index in [1.54, 1.807) is 6.07 Å². The first-order valence-corrected chi connectivity index (χ1v) is 10.5. The van der Waals surface area contributed by atoms with Gasteiger partial charge in [0, 0.05) is 31.3 Å². The van der Waals surface area contributed by atoms with Gasteiger partial charge in [0.05, 0.1) is 31.0 Å². The van der Waals surface area contributed by atoms with Gasteiger partial charge in [-0.2, -0.15) is 23.5 Å². The van der Waals surface area contributed by atoms with Gasteiger partial charge in [-0.15, -0.1) is 0 Å². The highest BCUT2D eigenvalue weighted by Gasteiger charge is 2.36. The molecule has 0 bridgehead atoms. The van der Waals surface area contributed by atoms with Crippen LogP contribution in [0.15, 0.2) is 18.2 Å². The molecule has 3 amide bonds. The van der Waals surface area contributed by atoms with Crippen LogP contribution in [0.1, 0.15) is 27.3 Å². The zero-order chi connectivity index (χ0) is 25.3. The first kappa shape index (κ1) is 24.4. The minimum atomic E-state index is -4.49. The summed E-state index contributed by atoms with van der Waals surface area (Å²) in [5.41, 5.74) is 1.29. The lowest BCUT2D eigenvalue weighted by molar-refractivity contribution is -0.202. The highest BCUT2D eigenvalue weighted by Crippen LogP contribution is 2.27. The molecule has 2 aliphatic rings. The second-order valence-electron chi connectivity index (χ2n) is 8.02. The molecular formula is C21H20F4N6O4. The topological polar surface area (TPSA) is 113 Å². The molecule has 1 aromatic heterocycles. The van der Waals surface area contributed by atoms with Crippen molar-refractivity contribution in [1.82, 2.24) is 19.7 Å². The number of carbonyl (C=O) groups excluding carboxylic acids is 2. The third-order valence-electron chi connectivity index (χ3n) is 5.47. The quantitative estimate of drug-likeness (QED) is 0.651. The van der Waals surface area contributed by atoms with Gasteiger partial charge in [0.2, 0.25) is 0 Å². The van der Waals surface area contributed by atoms with E-state index in [4.69, 9.17) is 10.1 Å². The number of rotatable bonds is 4. The Labute approximate surface area is 196 Å². The lowest BCUT2D eigenvalue weighted by Gasteiger charge is -2.27. The number of hydrogen-bond donors (Lipinski definition) is 1. The number of carbonyl (C=O) groups is 2. The average molecular weight is 496 g/mol. The van der Waals surface area contributed by atoms with Crippen LogP contribution < -0.4 is 5.32 Å². The third-order valence-corrected chi connectivity index (χ3v) is 5.47. The highest BCUT2D eigenvalue weighted by atomic mass is 19.4. The monoisotopic (exact) mass is 496 g/mol. The summed E-state index contributed by atoms with van der Waals surface area (Å²) in [7, 11) is 1.34. The fourth-order valence-corrected chi connectivity index (χ4v) is 3.90. The Morgan fingerprint density at radius 2 is 2.17 bits per heavy atom. The summed E-state index contributed by atoms with van der Waals surface area (Å²) in [6.45, 7) is -1.55. The Morgan fingerprint density at radius 1 is 1.40 bits per heavy atom. The maximum absolute atomic E-state index is 13.5. The smallest absolute Gasteiger partial charge is 0.369 e. The van der Waals surface area contributed by atoms with Crippen LogP contribution in [-0.4, -0.2) is 70.8 Å². The van der Waals surface area contributed by atoms with Crippen LogP contribution in [0, 0.1) is 17.1 Å². The summed E-state index contributed by atoms with van der Waals surface area (Å²) < 4.78 is 56.8. The Hall–Kier alpha value is -3.70. The minimum Gasteiger partial charge on any atom is -0.369 e. The number of anilines is 1. The number of amides is 3. The molecule has 14 heteroatoms. The number of nitriles is 1. The van der Waals surface area contributed by atoms with Gasteiger partial charge in [-0.3, -0.25) is 14.3 Å². The Kier molecular flexibility index (Phi) is 6.64. The van der Waals surface area contributed by atoms with Crippen LogP contribution >= 0.6 is 0 Å². The largest absolute Gasteiger partial charge is 0.411 e. The van der Waals surface area contributed by atoms with Crippen LogP contribution in [0.25, 0.3) is 0 Å². The Balaban J connectivity index is 1.50. The molecule has 2 aliphatic heterocycles. The van der Waals surface area contributed by atoms with Crippen molar-refractivity contribution in [2.24, 2.45) is 0 Å². The van der Waals surface area contributed by atoms with E-state index in [1.807, 2.05) is 0 Å². The molecule has 2 aromatic rings. The zero-order valence-corrected chi connectivity index (χ0v) is 18.4. The molecule has 0 fully saturated rings. The number of halogens is 4. The van der Waals surface area contributed by atoms with Crippen LogP contribution in [0.3, 0.4) is 0 Å². The average Bonchev–Trinajstić information content (AvgIpc) is 3.10. The second kappa shape index (κ2) is 9.51. The highest BCUT2D eigenvalue weighted by molar-refractivity contribution is 5.94. The maximum atomic E-state index is 13.5. The van der Waals surface area contributed by atoms with Crippen molar-refractivity contribution < 1.29 is 36.7 Å². The maximum Gasteiger partial charge on any atom is 0.411 e. The molecule has 0 saturated carbocycles. The van der Waals surface area contributed by atoms with Crippen molar-refractivity contribution in [2.45, 2.75) is 31.8 Å². The minimum absolute atomic E-state index is 0.0189. The van der Waals surface area contributed by atoms with Crippen LogP contribution in [-0.2, 0) is 29.1 Å². The van der Waals surface area contributed by atoms with E-state index in [2.05, 4.69) is 15.2 Å². The van der Waals surface area contributed by atoms with Crippen LogP contribution in [0.2, 0.25) is 0 Å². The van der Waals surface area contributed by atoms with Gasteiger partial charge < -0.3 is 15.0 Å². The molecule has 1 atom stereocenters. The lowest BCUT2D eigenvalue weighted by Crippen LogP contribution is -2.39. The van der Waals surface area contributed by atoms with Gasteiger partial charge in [-0.25, -0.2) is 14.2 Å². The van der Waals surface area contributed by atoms with Crippen LogP contribution in [0.4, 0.5) is 28.0 Å². The van der Waals surface area contributed by atoms with Crippen molar-refractivity contribution >= 4 is 17.6 Å². The van der Waals surface area contributed by atoms with Gasteiger partial charge >= 0.3 is 12.2 Å². The summed E-state index contributed by atoms with van der Waals surface area (Å²) in [6, 6.07) is 4.79. The number of urea groups is 1. The van der Waals surface area contributed by atoms with E-state index in [0.29, 0.717) is 17.7 Å². The first-order valence-electron chi connectivity index (χ1n) is 10.5. The number of aromatic nitrogens is 2. The van der Waals surface area contributed by atoms with Gasteiger partial charge in [0.1, 0.15) is 30.3 Å². The normalized spacial score (nSPS) is 17.9. The van der Waals surface area contributed by atoms with Gasteiger partial charge in [-0.1, -0.05) is 0 Å². The molecule has 186 valence electrons. The van der Waals surface area contributed by atoms with E-state index in [-0.39, 0.29) is 36.6 Å². The predicted molar refractivity (Wildman–Crippen MR) is 110 cm³/mol. The van der Waals surface area contributed by atoms with Crippen molar-refractivity contribution in [3.63, 3.8) is 0 Å². The fraction of sp³-hybridized carbons (Fsp3) is 0.429. The molecule has 0 radical (unpaired) electrons. The van der Waals surface area contributed by atoms with Crippen LogP contribution in [0.5, 0.6) is 0 Å². The molecule has 0 spiro atoms. The van der Waals surface area contributed by atoms with Crippen molar-refractivity contribution in [3.8, 4) is 6.07 Å². The van der Waals surface area contributed by atoms with Gasteiger partial charge in [0.15, 0.2) is 0 Å². The van der Waals surface area contributed by atoms with Gasteiger partial charge in [0.25, 0.3) is 5.91 Å². The molecule has 10 nitrogen and oxygen atoms in total. The predicted octanol–water partition coefficient (Wildman–Crippen LogP) is 2.45. The van der Waals surface area contributed by atoms with E-state index < -0.39 is 43.2 Å². The lowest BCUT2D eigenvalue weighted by atomic mass is 10.1. The van der Waals surface area contributed by atoms with Crippen molar-refractivity contribution in [2.75, 3.05) is 32.1 Å². The molecular weight excluding hydrogens is 476 g/mol. The zero-order valence-electron chi connectivity index (χ0n) is 18.4. The first-order chi connectivity index (χ1) is 16.6. The summed E-state index contributed by atoms with van der Waals surface area (Å²) in [5, 5.41) is 16.9. The third kappa shape index (κ3) is 5.36. The number of ether oxygens (including phenoxy) is 1. The standard InChI is InChI=1S/C21H20F4N6O4/c1-29-19(32)18-15-9-30(20(33)27-13-2-3-16(22)12(6-13)7-26)5-4-17(15)28-31(18)8-14(35-29)10-34-11-21(23,24)25/h2-3,6,14H,4-5,8-11H2,1H3,(H,27,33)/t14-/m0/s1.